The fourth-order valence-electron chi connectivity index (χ4n) is 4.75. The van der Waals surface area contributed by atoms with E-state index >= 15 is 0 Å². The number of nitrogens with one attached hydrogen (secondary N) is 2. The normalized spacial score (nSPS) is 16.9. The van der Waals surface area contributed by atoms with Gasteiger partial charge >= 0.3 is 0 Å². The Hall–Kier alpha value is -4.17. The standard InChI is InChI=1S/C29H29N5O2S/c1-4-26(35)31-22-14-13-21(18-25(22)36-3)34-28(27(32-29(34)37)23-11-5-6-15-30-23)24-12-8-16-33(24)20-10-7-9-19(2)17-20/h5-18,27-28H,4H2,1-3H3,(H,31,35)(H,32,37)/t27-,28+/m0/s1. The van der Waals surface area contributed by atoms with Gasteiger partial charge in [-0.05, 0) is 73.2 Å². The molecular formula is C29H29N5O2S. The van der Waals surface area contributed by atoms with E-state index < -0.39 is 0 Å². The topological polar surface area (TPSA) is 71.4 Å². The number of hydrogen-bond donors (Lipinski definition) is 2. The van der Waals surface area contributed by atoms with Gasteiger partial charge in [-0.25, -0.2) is 0 Å². The number of pyridine rings is 1. The van der Waals surface area contributed by atoms with E-state index in [-0.39, 0.29) is 18.0 Å². The van der Waals surface area contributed by atoms with E-state index in [0.29, 0.717) is 23.0 Å². The number of methoxy groups -OCH3 is 1. The van der Waals surface area contributed by atoms with Crippen LogP contribution >= 0.6 is 12.2 Å². The lowest BCUT2D eigenvalue weighted by atomic mass is 10.0. The van der Waals surface area contributed by atoms with Crippen molar-refractivity contribution in [3.8, 4) is 11.4 Å². The number of aryl methyl sites for hydroxylation is 1. The molecular weight excluding hydrogens is 482 g/mol. The lowest BCUT2D eigenvalue weighted by Gasteiger charge is -2.29. The Morgan fingerprint density at radius 1 is 1.08 bits per heavy atom. The van der Waals surface area contributed by atoms with Crippen LogP contribution in [0.2, 0.25) is 0 Å². The molecule has 1 amide bonds. The summed E-state index contributed by atoms with van der Waals surface area (Å²) in [4.78, 5) is 18.8. The lowest BCUT2D eigenvalue weighted by Crippen LogP contribution is -2.30. The molecule has 4 aromatic rings. The van der Waals surface area contributed by atoms with Gasteiger partial charge in [0.2, 0.25) is 5.91 Å². The Labute approximate surface area is 222 Å². The number of carbonyl (C=O) groups excluding carboxylic acids is 1. The summed E-state index contributed by atoms with van der Waals surface area (Å²) in [5.74, 6) is 0.490. The van der Waals surface area contributed by atoms with Gasteiger partial charge in [-0.2, -0.15) is 0 Å². The molecule has 0 unspecified atom stereocenters. The number of thiocarbonyl (C=S) groups is 1. The van der Waals surface area contributed by atoms with Crippen LogP contribution in [0.1, 0.15) is 42.4 Å². The van der Waals surface area contributed by atoms with Gasteiger partial charge in [0.1, 0.15) is 11.8 Å². The van der Waals surface area contributed by atoms with Crippen molar-refractivity contribution in [2.75, 3.05) is 17.3 Å². The molecule has 3 heterocycles. The third-order valence-corrected chi connectivity index (χ3v) is 6.83. The number of aromatic nitrogens is 2. The molecule has 8 heteroatoms. The van der Waals surface area contributed by atoms with Gasteiger partial charge in [0, 0.05) is 41.9 Å². The van der Waals surface area contributed by atoms with Gasteiger partial charge in [0.05, 0.1) is 24.5 Å². The van der Waals surface area contributed by atoms with Crippen LogP contribution in [0.3, 0.4) is 0 Å². The molecule has 37 heavy (non-hydrogen) atoms. The van der Waals surface area contributed by atoms with E-state index in [9.17, 15) is 4.79 Å². The second-order valence-corrected chi connectivity index (χ2v) is 9.31. The Morgan fingerprint density at radius 2 is 1.95 bits per heavy atom. The monoisotopic (exact) mass is 511 g/mol. The molecule has 188 valence electrons. The molecule has 0 spiro atoms. The van der Waals surface area contributed by atoms with Crippen LogP contribution < -0.4 is 20.3 Å². The molecule has 1 aliphatic heterocycles. The molecule has 1 fully saturated rings. The molecule has 0 aliphatic carbocycles. The number of hydrogen-bond acceptors (Lipinski definition) is 4. The third-order valence-electron chi connectivity index (χ3n) is 6.52. The summed E-state index contributed by atoms with van der Waals surface area (Å²) >= 11 is 5.90. The first-order valence-corrected chi connectivity index (χ1v) is 12.6. The predicted octanol–water partition coefficient (Wildman–Crippen LogP) is 5.71. The maximum Gasteiger partial charge on any atom is 0.224 e. The predicted molar refractivity (Wildman–Crippen MR) is 150 cm³/mol. The number of nitrogens with zero attached hydrogens (tertiary/aromatic N) is 3. The van der Waals surface area contributed by atoms with E-state index in [0.717, 1.165) is 22.8 Å². The molecule has 0 bridgehead atoms. The van der Waals surface area contributed by atoms with Crippen molar-refractivity contribution in [1.82, 2.24) is 14.9 Å². The number of amides is 1. The second kappa shape index (κ2) is 10.4. The first-order chi connectivity index (χ1) is 18.0. The number of benzene rings is 2. The smallest absolute Gasteiger partial charge is 0.224 e. The van der Waals surface area contributed by atoms with Crippen LogP contribution in [-0.4, -0.2) is 27.7 Å². The summed E-state index contributed by atoms with van der Waals surface area (Å²) in [5.41, 5.74) is 5.70. The van der Waals surface area contributed by atoms with Crippen LogP contribution in [0.5, 0.6) is 5.75 Å². The number of carbonyl (C=O) groups is 1. The van der Waals surface area contributed by atoms with Crippen molar-refractivity contribution >= 4 is 34.6 Å². The molecule has 5 rings (SSSR count). The fraction of sp³-hybridized carbons (Fsp3) is 0.207. The summed E-state index contributed by atoms with van der Waals surface area (Å²) in [6.45, 7) is 3.91. The van der Waals surface area contributed by atoms with Gasteiger partial charge in [0.15, 0.2) is 5.11 Å². The highest BCUT2D eigenvalue weighted by Crippen LogP contribution is 2.43. The van der Waals surface area contributed by atoms with Gasteiger partial charge in [0.25, 0.3) is 0 Å². The van der Waals surface area contributed by atoms with Gasteiger partial charge in [-0.1, -0.05) is 25.1 Å². The highest BCUT2D eigenvalue weighted by molar-refractivity contribution is 7.80. The number of anilines is 2. The van der Waals surface area contributed by atoms with Crippen molar-refractivity contribution in [3.05, 3.63) is 102 Å². The molecule has 2 N–H and O–H groups in total. The minimum Gasteiger partial charge on any atom is -0.494 e. The van der Waals surface area contributed by atoms with Gasteiger partial charge in [-0.3, -0.25) is 9.78 Å². The summed E-state index contributed by atoms with van der Waals surface area (Å²) in [5, 5.41) is 7.00. The largest absolute Gasteiger partial charge is 0.494 e. The van der Waals surface area contributed by atoms with Crippen molar-refractivity contribution in [1.29, 1.82) is 0 Å². The van der Waals surface area contributed by atoms with Crippen molar-refractivity contribution in [2.24, 2.45) is 0 Å². The molecule has 1 aliphatic rings. The van der Waals surface area contributed by atoms with Crippen molar-refractivity contribution < 1.29 is 9.53 Å². The summed E-state index contributed by atoms with van der Waals surface area (Å²) in [6.07, 6.45) is 4.26. The van der Waals surface area contributed by atoms with E-state index in [4.69, 9.17) is 17.0 Å². The van der Waals surface area contributed by atoms with Crippen molar-refractivity contribution in [2.45, 2.75) is 32.4 Å². The zero-order valence-electron chi connectivity index (χ0n) is 21.0. The third kappa shape index (κ3) is 4.80. The van der Waals surface area contributed by atoms with Crippen LogP contribution in [0.15, 0.2) is 85.2 Å². The molecule has 2 aromatic carbocycles. The molecule has 0 radical (unpaired) electrons. The average Bonchev–Trinajstić information content (AvgIpc) is 3.53. The summed E-state index contributed by atoms with van der Waals surface area (Å²) in [6, 6.07) is 23.9. The highest BCUT2D eigenvalue weighted by atomic mass is 32.1. The molecule has 2 aromatic heterocycles. The summed E-state index contributed by atoms with van der Waals surface area (Å²) < 4.78 is 7.84. The quantitative estimate of drug-likeness (QED) is 0.310. The highest BCUT2D eigenvalue weighted by Gasteiger charge is 2.42. The first kappa shape index (κ1) is 24.5. The van der Waals surface area contributed by atoms with E-state index in [1.54, 1.807) is 13.3 Å². The first-order valence-electron chi connectivity index (χ1n) is 12.2. The van der Waals surface area contributed by atoms with Crippen LogP contribution in [0.4, 0.5) is 11.4 Å². The minimum absolute atomic E-state index is 0.0755. The lowest BCUT2D eigenvalue weighted by molar-refractivity contribution is -0.115. The van der Waals surface area contributed by atoms with Crippen LogP contribution in [0.25, 0.3) is 5.69 Å². The second-order valence-electron chi connectivity index (χ2n) is 8.92. The van der Waals surface area contributed by atoms with E-state index in [2.05, 4.69) is 74.6 Å². The Kier molecular flexibility index (Phi) is 6.92. The van der Waals surface area contributed by atoms with E-state index in [1.165, 1.54) is 5.56 Å². The molecule has 2 atom stereocenters. The summed E-state index contributed by atoms with van der Waals surface area (Å²) in [7, 11) is 1.60. The zero-order chi connectivity index (χ0) is 25.9. The fourth-order valence-corrected chi connectivity index (χ4v) is 5.10. The van der Waals surface area contributed by atoms with E-state index in [1.807, 2.05) is 43.3 Å². The van der Waals surface area contributed by atoms with Gasteiger partial charge in [-0.15, -0.1) is 0 Å². The van der Waals surface area contributed by atoms with Crippen molar-refractivity contribution in [3.63, 3.8) is 0 Å². The zero-order valence-corrected chi connectivity index (χ0v) is 21.8. The van der Waals surface area contributed by atoms with Crippen LogP contribution in [-0.2, 0) is 4.79 Å². The number of rotatable bonds is 7. The van der Waals surface area contributed by atoms with Gasteiger partial charge < -0.3 is 24.8 Å². The Morgan fingerprint density at radius 3 is 2.68 bits per heavy atom. The maximum atomic E-state index is 12.0. The molecule has 1 saturated heterocycles. The minimum atomic E-state index is -0.196. The SMILES string of the molecule is CCC(=O)Nc1ccc(N2C(=S)N[C@@H](c3ccccn3)[C@H]2c2cccn2-c2cccc(C)c2)cc1OC. The molecule has 0 saturated carbocycles. The average molecular weight is 512 g/mol. The molecule has 7 nitrogen and oxygen atoms in total. The Bertz CT molecular complexity index is 1440. The number of ether oxygens (including phenoxy) is 1. The Balaban J connectivity index is 1.63. The van der Waals surface area contributed by atoms with Crippen LogP contribution in [0, 0.1) is 6.92 Å². The maximum absolute atomic E-state index is 12.0.